The number of hydrogen-bond acceptors (Lipinski definition) is 26. The number of carbonyl (C=O) groups excluding carboxylic acids is 6. The van der Waals surface area contributed by atoms with Crippen LogP contribution in [0.4, 0.5) is 13.2 Å². The van der Waals surface area contributed by atoms with Gasteiger partial charge in [0.25, 0.3) is 33.7 Å². The molecule has 0 aliphatic carbocycles. The van der Waals surface area contributed by atoms with Crippen molar-refractivity contribution in [1.82, 2.24) is 27.8 Å². The number of rotatable bonds is 26. The molecule has 5 aliphatic heterocycles. The topological polar surface area (TPSA) is 362 Å². The Morgan fingerprint density at radius 1 is 0.603 bits per heavy atom. The summed E-state index contributed by atoms with van der Waals surface area (Å²) >= 11 is 10.9. The Morgan fingerprint density at radius 2 is 1.05 bits per heavy atom. The molecule has 2 N–H and O–H groups in total. The Kier molecular flexibility index (Phi) is 46.7. The summed E-state index contributed by atoms with van der Waals surface area (Å²) < 4.78 is 104. The molecule has 0 spiro atoms. The molecular formula is C92H102ClF3N7O23PS3U. The van der Waals surface area contributed by atoms with Crippen molar-refractivity contribution in [2.24, 2.45) is 17.8 Å². The number of carbonyl (C=O) groups is 5. The number of halogens is 4. The number of methoxy groups -OCH3 is 1. The van der Waals surface area contributed by atoms with Gasteiger partial charge >= 0.3 is 54.9 Å². The molecule has 6 aromatic carbocycles. The van der Waals surface area contributed by atoms with Gasteiger partial charge in [0, 0.05) is 104 Å². The molecule has 131 heavy (non-hydrogen) atoms. The molecular weight excluding hydrogens is 2030 g/mol. The van der Waals surface area contributed by atoms with Crippen molar-refractivity contribution in [3.05, 3.63) is 332 Å². The number of nitrogens with one attached hydrogen (secondary N) is 1. The number of hydrogen-bond donors (Lipinski definition) is 2. The number of aliphatic hydroxyl groups is 1. The van der Waals surface area contributed by atoms with Crippen LogP contribution in [0.2, 0.25) is 0 Å². The van der Waals surface area contributed by atoms with E-state index in [0.717, 1.165) is 80.0 Å². The van der Waals surface area contributed by atoms with Crippen molar-refractivity contribution in [1.29, 1.82) is 0 Å². The number of nitrogens with zero attached hydrogens (tertiary/aromatic N) is 6. The SMILES string of the molecule is C1CCOC1.CC1[C@@H](CO)O[C@@H](n2ccc(=O)n(C(=O)c3ccccc3)c2=O)[C@H]1F.CC[C@H]1O[C@@H](n2ccc(=O)n(C(=O)c3ccccc3)c2=O)[C@@H](F)C1C.O=C(Cc1ccccc1)SSC(=O)Cc1ccccc1.O=C(Cl)c1ccccc1.O=[C-]c1ccccc1.[C-]#[N+]CCOP(=S)(OC[C@H]1O[CH-][C@@H](F)C1C)OC1[C@@H](CC)O[C@@H](n2cc(C)c(=O)[nH]c2=O)[C@H]1OCCOC.[U+2]. The predicted octanol–water partition coefficient (Wildman–Crippen LogP) is 12.7. The minimum Gasteiger partial charge on any atom is -0.545 e. The number of alkyl halides is 3. The molecule has 30 nitrogen and oxygen atoms in total. The normalized spacial score (nSPS) is 22.4. The standard InChI is InChI=1S/C23H34FN3O9PS.C18H19FN2O4.C17H17FN2O5.C16H14O2S2.C7H5ClO.C7H5O.C4H8O.U/c1-6-17-19(36-37(38,33-8-7-25-4)34-13-18-15(3)16(24)12-32-18)20(31-10-9-30-5)22(35-17)27-11-14(2)21(28)26-23(27)29;1-3-13-11(2)15(19)17(25-13)20-10-9-14(22)21(18(20)24)16(23)12-7-5-4-6-8-12;1-10-12(9-21)25-16(14(10)18)19-8-7-13(22)20(17(19)24)15(23)11-5-3-2-4-6-11;17-15(11-13-7-3-1-4-8-13)19-20-16(18)12-14-9-5-2-6-10-14;8-7(9)6-4-2-1-3-5-6;8-6-7-4-2-1-3-5-7;1-2-4-5-3-1;/h11-12,15-20,22H,6-10,13H2,1-3,5H3,(H,26,28,29);4-11,13,15,17H,3H2,1-2H3;2-8,10,12,14,16,21H,9H2,1H3;1-10H,11-12H2;1-5H;1-5H;1-4H2;/q-1;;;;;-1;;+2/t15?,16-,17-,18-,19?,20+,22-,37?;11?,13-,15+,17-;10?,12-,14+,16-;;;;;/m111...../s1. The van der Waals surface area contributed by atoms with Crippen LogP contribution in [0.5, 0.6) is 0 Å². The first-order valence-electron chi connectivity index (χ1n) is 41.5. The second-order valence-electron chi connectivity index (χ2n) is 29.6. The van der Waals surface area contributed by atoms with Crippen molar-refractivity contribution in [2.45, 2.75) is 154 Å². The zero-order chi connectivity index (χ0) is 94.4. The van der Waals surface area contributed by atoms with Crippen LogP contribution in [-0.4, -0.2) is 182 Å². The summed E-state index contributed by atoms with van der Waals surface area (Å²) in [6.45, 7) is 16.8. The Balaban J connectivity index is 0.000000224. The molecule has 39 heteroatoms. The van der Waals surface area contributed by atoms with Crippen LogP contribution < -0.4 is 33.7 Å². The van der Waals surface area contributed by atoms with E-state index in [0.29, 0.717) is 51.5 Å². The van der Waals surface area contributed by atoms with E-state index in [1.54, 1.807) is 119 Å². The Labute approximate surface area is 795 Å². The number of H-pyrrole nitrogens is 1. The molecule has 5 aliphatic rings. The number of aryl methyl sites for hydroxylation is 1. The third kappa shape index (κ3) is 32.3. The Morgan fingerprint density at radius 3 is 1.44 bits per heavy atom. The molecule has 8 heterocycles. The minimum atomic E-state index is -3.53. The summed E-state index contributed by atoms with van der Waals surface area (Å²) in [5.41, 5.74) is -0.881. The number of aromatic amines is 1. The molecule has 0 saturated carbocycles. The number of aromatic nitrogens is 6. The summed E-state index contributed by atoms with van der Waals surface area (Å²) in [5, 5.41) is 8.83. The Bertz CT molecular complexity index is 5390. The summed E-state index contributed by atoms with van der Waals surface area (Å²) in [6.07, 6.45) is -1.81. The molecule has 0 bridgehead atoms. The van der Waals surface area contributed by atoms with Crippen LogP contribution in [0.25, 0.3) is 4.85 Å². The van der Waals surface area contributed by atoms with E-state index in [1.807, 2.05) is 86.6 Å². The number of ether oxygens (including phenoxy) is 7. The maximum Gasteiger partial charge on any atom is 2.00 e. The Hall–Kier alpha value is -9.09. The van der Waals surface area contributed by atoms with Gasteiger partial charge in [0.15, 0.2) is 31.0 Å². The van der Waals surface area contributed by atoms with Crippen molar-refractivity contribution < 1.29 is 125 Å². The summed E-state index contributed by atoms with van der Waals surface area (Å²) in [5.74, 6) is -3.02. The third-order valence-electron chi connectivity index (χ3n) is 20.6. The van der Waals surface area contributed by atoms with Gasteiger partial charge in [-0.15, -0.1) is 12.1 Å². The fraction of sp³-hybridized carbons (Fsp3) is 0.391. The van der Waals surface area contributed by atoms with Gasteiger partial charge in [-0.3, -0.25) is 66.0 Å². The minimum absolute atomic E-state index is 0. The maximum absolute atomic E-state index is 14.6. The largest absolute Gasteiger partial charge is 2.00 e. The van der Waals surface area contributed by atoms with Crippen LogP contribution in [0.3, 0.4) is 0 Å². The van der Waals surface area contributed by atoms with Crippen molar-refractivity contribution >= 4 is 85.3 Å². The number of benzene rings is 6. The van der Waals surface area contributed by atoms with E-state index in [9.17, 15) is 75.8 Å². The second-order valence-corrected chi connectivity index (χ2v) is 35.2. The zero-order valence-electron chi connectivity index (χ0n) is 72.6. The van der Waals surface area contributed by atoms with Gasteiger partial charge in [-0.2, -0.15) is 33.4 Å². The summed E-state index contributed by atoms with van der Waals surface area (Å²) in [6, 6.07) is 54.6. The van der Waals surface area contributed by atoms with E-state index in [4.69, 9.17) is 76.7 Å². The van der Waals surface area contributed by atoms with E-state index in [-0.39, 0.29) is 97.5 Å². The van der Waals surface area contributed by atoms with Crippen molar-refractivity contribution in [3.8, 4) is 0 Å². The first-order valence-corrected chi connectivity index (χ1v) is 46.5. The number of aliphatic hydroxyl groups excluding tert-OH is 1. The first-order chi connectivity index (χ1) is 62.5. The molecule has 698 valence electrons. The molecule has 3 aromatic heterocycles. The van der Waals surface area contributed by atoms with Crippen LogP contribution >= 0.6 is 39.9 Å². The smallest absolute Gasteiger partial charge is 0.545 e. The average Bonchev–Trinajstić information content (AvgIpc) is 1.65. The molecule has 5 saturated heterocycles. The van der Waals surface area contributed by atoms with Crippen LogP contribution in [0.1, 0.15) is 132 Å². The summed E-state index contributed by atoms with van der Waals surface area (Å²) in [7, 11) is 3.58. The van der Waals surface area contributed by atoms with E-state index in [2.05, 4.69) is 9.83 Å². The quantitative estimate of drug-likeness (QED) is 0.0167. The molecule has 16 atom stereocenters. The molecule has 0 amide bonds. The van der Waals surface area contributed by atoms with E-state index in [1.165, 1.54) is 61.2 Å². The van der Waals surface area contributed by atoms with Gasteiger partial charge in [0.2, 0.25) is 16.8 Å². The van der Waals surface area contributed by atoms with Crippen LogP contribution in [-0.2, 0) is 85.8 Å². The van der Waals surface area contributed by atoms with Gasteiger partial charge in [0.05, 0.1) is 57.1 Å². The molecule has 14 rings (SSSR count). The van der Waals surface area contributed by atoms with Gasteiger partial charge in [-0.1, -0.05) is 168 Å². The third-order valence-corrected chi connectivity index (χ3v) is 25.2. The zero-order valence-corrected chi connectivity index (χ0v) is 80.9. The van der Waals surface area contributed by atoms with Crippen molar-refractivity contribution in [3.63, 3.8) is 0 Å². The van der Waals surface area contributed by atoms with E-state index >= 15 is 0 Å². The molecule has 9 aromatic rings. The van der Waals surface area contributed by atoms with Crippen LogP contribution in [0.15, 0.2) is 241 Å². The van der Waals surface area contributed by atoms with Gasteiger partial charge in [-0.05, 0) is 119 Å². The van der Waals surface area contributed by atoms with Crippen LogP contribution in [0, 0.1) is 69.0 Å². The van der Waals surface area contributed by atoms with Gasteiger partial charge in [0.1, 0.15) is 18.8 Å². The fourth-order valence-corrected chi connectivity index (χ4v) is 17.0. The van der Waals surface area contributed by atoms with Gasteiger partial charge in [-0.25, -0.2) is 29.7 Å². The molecule has 5 unspecified atom stereocenters. The molecule has 0 radical (unpaired) electrons. The predicted molar refractivity (Wildman–Crippen MR) is 487 cm³/mol. The monoisotopic (exact) mass is 2130 g/mol. The summed E-state index contributed by atoms with van der Waals surface area (Å²) in [4.78, 5) is 148. The van der Waals surface area contributed by atoms with Gasteiger partial charge < -0.3 is 57.0 Å². The second kappa shape index (κ2) is 56.2. The van der Waals surface area contributed by atoms with E-state index < -0.39 is 144 Å². The van der Waals surface area contributed by atoms with Crippen molar-refractivity contribution in [2.75, 3.05) is 59.9 Å². The maximum atomic E-state index is 14.6. The average molecular weight is 2130 g/mol. The fourth-order valence-electron chi connectivity index (χ4n) is 13.3. The first kappa shape index (κ1) is 109. The molecule has 5 fully saturated rings.